The Morgan fingerprint density at radius 2 is 1.78 bits per heavy atom. The second-order valence-electron chi connectivity index (χ2n) is 5.50. The van der Waals surface area contributed by atoms with E-state index in [-0.39, 0.29) is 11.8 Å². The maximum Gasteiger partial charge on any atom is 0.257 e. The summed E-state index contributed by atoms with van der Waals surface area (Å²) >= 11 is 3.37. The van der Waals surface area contributed by atoms with Crippen LogP contribution in [-0.4, -0.2) is 23.3 Å². The fourth-order valence-electron chi connectivity index (χ4n) is 1.84. The molecule has 0 saturated heterocycles. The van der Waals surface area contributed by atoms with E-state index >= 15 is 0 Å². The molecule has 2 N–H and O–H groups in total. The van der Waals surface area contributed by atoms with E-state index in [1.807, 2.05) is 32.0 Å². The summed E-state index contributed by atoms with van der Waals surface area (Å²) in [6, 6.07) is 8.85. The molecule has 0 radical (unpaired) electrons. The SMILES string of the molecule is CC(C)CNC(=O)c1cncc(C(=O)Nc2ccccc2Br)c1. The fraction of sp³-hybridized carbons (Fsp3) is 0.235. The van der Waals surface area contributed by atoms with E-state index in [1.165, 1.54) is 18.5 Å². The van der Waals surface area contributed by atoms with Gasteiger partial charge in [0, 0.05) is 23.4 Å². The van der Waals surface area contributed by atoms with E-state index in [4.69, 9.17) is 0 Å². The number of aromatic nitrogens is 1. The largest absolute Gasteiger partial charge is 0.352 e. The number of nitrogens with one attached hydrogen (secondary N) is 2. The molecular weight excluding hydrogens is 358 g/mol. The molecule has 0 aliphatic rings. The predicted octanol–water partition coefficient (Wildman–Crippen LogP) is 3.48. The molecule has 0 atom stereocenters. The lowest BCUT2D eigenvalue weighted by atomic mass is 10.1. The maximum absolute atomic E-state index is 12.3. The van der Waals surface area contributed by atoms with Crippen molar-refractivity contribution < 1.29 is 9.59 Å². The number of hydrogen-bond donors (Lipinski definition) is 2. The summed E-state index contributed by atoms with van der Waals surface area (Å²) in [5, 5.41) is 5.59. The van der Waals surface area contributed by atoms with Crippen LogP contribution in [0.2, 0.25) is 0 Å². The molecular formula is C17H18BrN3O2. The second-order valence-corrected chi connectivity index (χ2v) is 6.35. The lowest BCUT2D eigenvalue weighted by Crippen LogP contribution is -2.27. The Labute approximate surface area is 143 Å². The summed E-state index contributed by atoms with van der Waals surface area (Å²) in [5.41, 5.74) is 1.36. The molecule has 1 aromatic heterocycles. The first kappa shape index (κ1) is 17.1. The highest BCUT2D eigenvalue weighted by Crippen LogP contribution is 2.21. The van der Waals surface area contributed by atoms with Gasteiger partial charge in [0.25, 0.3) is 11.8 Å². The third-order valence-electron chi connectivity index (χ3n) is 3.06. The topological polar surface area (TPSA) is 71.1 Å². The van der Waals surface area contributed by atoms with Gasteiger partial charge >= 0.3 is 0 Å². The van der Waals surface area contributed by atoms with Crippen LogP contribution in [0.25, 0.3) is 0 Å². The number of para-hydroxylation sites is 1. The van der Waals surface area contributed by atoms with Gasteiger partial charge in [-0.25, -0.2) is 0 Å². The number of rotatable bonds is 5. The van der Waals surface area contributed by atoms with Gasteiger partial charge in [-0.1, -0.05) is 26.0 Å². The minimum atomic E-state index is -0.317. The number of amides is 2. The van der Waals surface area contributed by atoms with Crippen LogP contribution in [0.1, 0.15) is 34.6 Å². The minimum absolute atomic E-state index is 0.234. The highest BCUT2D eigenvalue weighted by molar-refractivity contribution is 9.10. The van der Waals surface area contributed by atoms with Crippen molar-refractivity contribution in [1.29, 1.82) is 0 Å². The zero-order valence-corrected chi connectivity index (χ0v) is 14.6. The van der Waals surface area contributed by atoms with Gasteiger partial charge < -0.3 is 10.6 Å². The molecule has 5 nitrogen and oxygen atoms in total. The lowest BCUT2D eigenvalue weighted by molar-refractivity contribution is 0.0948. The summed E-state index contributed by atoms with van der Waals surface area (Å²) < 4.78 is 0.784. The summed E-state index contributed by atoms with van der Waals surface area (Å²) in [7, 11) is 0. The van der Waals surface area contributed by atoms with Crippen molar-refractivity contribution in [2.75, 3.05) is 11.9 Å². The Balaban J connectivity index is 2.11. The third kappa shape index (κ3) is 4.89. The highest BCUT2D eigenvalue weighted by atomic mass is 79.9. The van der Waals surface area contributed by atoms with Crippen LogP contribution in [0, 0.1) is 5.92 Å². The van der Waals surface area contributed by atoms with Crippen LogP contribution >= 0.6 is 15.9 Å². The van der Waals surface area contributed by atoms with E-state index in [2.05, 4.69) is 31.5 Å². The first-order valence-corrected chi connectivity index (χ1v) is 8.06. The number of carbonyl (C=O) groups excluding carboxylic acids is 2. The van der Waals surface area contributed by atoms with Crippen molar-refractivity contribution in [2.45, 2.75) is 13.8 Å². The molecule has 6 heteroatoms. The molecule has 0 spiro atoms. The van der Waals surface area contributed by atoms with Gasteiger partial charge in [0.2, 0.25) is 0 Å². The van der Waals surface area contributed by atoms with E-state index in [0.29, 0.717) is 29.3 Å². The van der Waals surface area contributed by atoms with Gasteiger partial charge in [-0.2, -0.15) is 0 Å². The molecule has 0 saturated carbocycles. The molecule has 1 aromatic carbocycles. The van der Waals surface area contributed by atoms with Gasteiger partial charge in [-0.3, -0.25) is 14.6 Å². The standard InChI is InChI=1S/C17H18BrN3O2/c1-11(2)8-20-16(22)12-7-13(10-19-9-12)17(23)21-15-6-4-3-5-14(15)18/h3-7,9-11H,8H2,1-2H3,(H,20,22)(H,21,23). The number of anilines is 1. The van der Waals surface area contributed by atoms with Crippen LogP contribution < -0.4 is 10.6 Å². The number of nitrogens with zero attached hydrogens (tertiary/aromatic N) is 1. The molecule has 0 aliphatic heterocycles. The van der Waals surface area contributed by atoms with Crippen molar-refractivity contribution in [3.8, 4) is 0 Å². The minimum Gasteiger partial charge on any atom is -0.352 e. The van der Waals surface area contributed by atoms with Gasteiger partial charge in [0.15, 0.2) is 0 Å². The molecule has 2 amide bonds. The third-order valence-corrected chi connectivity index (χ3v) is 3.75. The average molecular weight is 376 g/mol. The molecule has 2 rings (SSSR count). The monoisotopic (exact) mass is 375 g/mol. The molecule has 1 heterocycles. The maximum atomic E-state index is 12.3. The quantitative estimate of drug-likeness (QED) is 0.839. The molecule has 0 bridgehead atoms. The zero-order valence-electron chi connectivity index (χ0n) is 13.0. The van der Waals surface area contributed by atoms with Crippen LogP contribution in [0.4, 0.5) is 5.69 Å². The Hall–Kier alpha value is -2.21. The number of carbonyl (C=O) groups is 2. The Morgan fingerprint density at radius 1 is 1.13 bits per heavy atom. The molecule has 23 heavy (non-hydrogen) atoms. The number of benzene rings is 1. The normalized spacial score (nSPS) is 10.4. The van der Waals surface area contributed by atoms with E-state index < -0.39 is 0 Å². The molecule has 0 unspecified atom stereocenters. The van der Waals surface area contributed by atoms with Gasteiger partial charge in [-0.05, 0) is 40.0 Å². The molecule has 2 aromatic rings. The fourth-order valence-corrected chi connectivity index (χ4v) is 2.23. The zero-order chi connectivity index (χ0) is 16.8. The van der Waals surface area contributed by atoms with Crippen LogP contribution in [0.3, 0.4) is 0 Å². The van der Waals surface area contributed by atoms with Crippen LogP contribution in [0.15, 0.2) is 47.2 Å². The first-order valence-electron chi connectivity index (χ1n) is 7.26. The van der Waals surface area contributed by atoms with E-state index in [1.54, 1.807) is 6.07 Å². The van der Waals surface area contributed by atoms with Crippen molar-refractivity contribution in [1.82, 2.24) is 10.3 Å². The van der Waals surface area contributed by atoms with Gasteiger partial charge in [0.05, 0.1) is 16.8 Å². The summed E-state index contributed by atoms with van der Waals surface area (Å²) in [4.78, 5) is 28.3. The molecule has 0 fully saturated rings. The van der Waals surface area contributed by atoms with Crippen molar-refractivity contribution in [3.05, 3.63) is 58.3 Å². The molecule has 120 valence electrons. The Morgan fingerprint density at radius 3 is 2.43 bits per heavy atom. The van der Waals surface area contributed by atoms with E-state index in [9.17, 15) is 9.59 Å². The summed E-state index contributed by atoms with van der Waals surface area (Å²) in [6.45, 7) is 4.60. The second kappa shape index (κ2) is 7.87. The lowest BCUT2D eigenvalue weighted by Gasteiger charge is -2.09. The van der Waals surface area contributed by atoms with Crippen LogP contribution in [0.5, 0.6) is 0 Å². The predicted molar refractivity (Wildman–Crippen MR) is 93.5 cm³/mol. The Kier molecular flexibility index (Phi) is 5.87. The number of halogens is 1. The van der Waals surface area contributed by atoms with E-state index in [0.717, 1.165) is 4.47 Å². The van der Waals surface area contributed by atoms with Crippen molar-refractivity contribution >= 4 is 33.4 Å². The summed E-state index contributed by atoms with van der Waals surface area (Å²) in [5.74, 6) is -0.196. The highest BCUT2D eigenvalue weighted by Gasteiger charge is 2.12. The Bertz CT molecular complexity index is 716. The van der Waals surface area contributed by atoms with Gasteiger partial charge in [0.1, 0.15) is 0 Å². The summed E-state index contributed by atoms with van der Waals surface area (Å²) in [6.07, 6.45) is 2.89. The average Bonchev–Trinajstić information content (AvgIpc) is 2.54. The molecule has 0 aliphatic carbocycles. The van der Waals surface area contributed by atoms with Crippen LogP contribution in [-0.2, 0) is 0 Å². The van der Waals surface area contributed by atoms with Crippen molar-refractivity contribution in [3.63, 3.8) is 0 Å². The van der Waals surface area contributed by atoms with Gasteiger partial charge in [-0.15, -0.1) is 0 Å². The number of hydrogen-bond acceptors (Lipinski definition) is 3. The first-order chi connectivity index (χ1) is 11.0. The smallest absolute Gasteiger partial charge is 0.257 e. The van der Waals surface area contributed by atoms with Crippen molar-refractivity contribution in [2.24, 2.45) is 5.92 Å². The number of pyridine rings is 1.